The van der Waals surface area contributed by atoms with Crippen LogP contribution in [0.15, 0.2) is 48.7 Å². The van der Waals surface area contributed by atoms with Gasteiger partial charge in [0, 0.05) is 66.8 Å². The fraction of sp³-hybridized carbons (Fsp3) is 0.545. The second-order valence-electron chi connectivity index (χ2n) is 13.2. The highest BCUT2D eigenvalue weighted by molar-refractivity contribution is 5.87. The number of benzene rings is 1. The Morgan fingerprint density at radius 1 is 1.19 bits per heavy atom. The topological polar surface area (TPSA) is 86.2 Å². The molecule has 228 valence electrons. The number of rotatable bonds is 8. The first-order valence-corrected chi connectivity index (χ1v) is 15.3. The van der Waals surface area contributed by atoms with Crippen LogP contribution in [0.3, 0.4) is 0 Å². The minimum Gasteiger partial charge on any atom is -0.446 e. The molecule has 4 saturated heterocycles. The van der Waals surface area contributed by atoms with Crippen LogP contribution in [-0.2, 0) is 4.79 Å². The van der Waals surface area contributed by atoms with Gasteiger partial charge in [-0.3, -0.25) is 14.6 Å². The second kappa shape index (κ2) is 11.2. The van der Waals surface area contributed by atoms with Crippen molar-refractivity contribution in [2.45, 2.75) is 77.4 Å². The summed E-state index contributed by atoms with van der Waals surface area (Å²) in [5.74, 6) is 1.09. The lowest BCUT2D eigenvalue weighted by molar-refractivity contribution is -0.298. The van der Waals surface area contributed by atoms with Gasteiger partial charge in [-0.1, -0.05) is 13.2 Å². The molecule has 5 heterocycles. The molecule has 1 aromatic heterocycles. The zero-order valence-corrected chi connectivity index (χ0v) is 25.6. The number of halogens is 1. The summed E-state index contributed by atoms with van der Waals surface area (Å²) in [6.07, 6.45) is 5.94. The number of carbonyl (C=O) groups is 1. The highest BCUT2D eigenvalue weighted by atomic mass is 19.1. The lowest BCUT2D eigenvalue weighted by Gasteiger charge is -2.53. The van der Waals surface area contributed by atoms with Crippen LogP contribution in [0.1, 0.15) is 58.7 Å². The molecule has 4 aliphatic heterocycles. The fourth-order valence-corrected chi connectivity index (χ4v) is 7.23. The fourth-order valence-electron chi connectivity index (χ4n) is 7.23. The smallest absolute Gasteiger partial charge is 0.431 e. The molecule has 2 aromatic rings. The summed E-state index contributed by atoms with van der Waals surface area (Å²) in [7, 11) is 0. The van der Waals surface area contributed by atoms with Gasteiger partial charge in [-0.25, -0.2) is 4.39 Å². The van der Waals surface area contributed by atoms with Gasteiger partial charge in [0.1, 0.15) is 23.8 Å². The van der Waals surface area contributed by atoms with Gasteiger partial charge < -0.3 is 19.6 Å². The molecule has 2 unspecified atom stereocenters. The zero-order valence-electron chi connectivity index (χ0n) is 25.6. The van der Waals surface area contributed by atoms with Crippen molar-refractivity contribution in [3.8, 4) is 11.5 Å². The van der Waals surface area contributed by atoms with Gasteiger partial charge in [-0.2, -0.15) is 4.98 Å². The van der Waals surface area contributed by atoms with Crippen molar-refractivity contribution in [3.63, 3.8) is 0 Å². The van der Waals surface area contributed by atoms with E-state index in [9.17, 15) is 14.3 Å². The lowest BCUT2D eigenvalue weighted by Crippen LogP contribution is -2.62. The zero-order chi connectivity index (χ0) is 30.6. The third-order valence-corrected chi connectivity index (χ3v) is 9.64. The molecule has 9 nitrogen and oxygen atoms in total. The molecule has 0 radical (unpaired) electrons. The number of nitrogens with zero attached hydrogens (tertiary/aromatic N) is 6. The molecule has 0 aliphatic carbocycles. The maximum atomic E-state index is 14.4. The van der Waals surface area contributed by atoms with Crippen LogP contribution >= 0.6 is 0 Å². The highest BCUT2D eigenvalue weighted by Gasteiger charge is 2.52. The normalized spacial score (nSPS) is 25.1. The van der Waals surface area contributed by atoms with E-state index in [0.29, 0.717) is 28.9 Å². The molecule has 1 N–H and O–H groups in total. The minimum absolute atomic E-state index is 0.0272. The van der Waals surface area contributed by atoms with E-state index < -0.39 is 12.0 Å². The van der Waals surface area contributed by atoms with Gasteiger partial charge in [0.15, 0.2) is 0 Å². The van der Waals surface area contributed by atoms with Gasteiger partial charge in [0.25, 0.3) is 11.9 Å². The van der Waals surface area contributed by atoms with E-state index in [-0.39, 0.29) is 29.4 Å². The van der Waals surface area contributed by atoms with Crippen LogP contribution in [0.2, 0.25) is 0 Å². The summed E-state index contributed by atoms with van der Waals surface area (Å²) in [4.78, 5) is 30.3. The monoisotopic (exact) mass is 589 g/mol. The van der Waals surface area contributed by atoms with E-state index in [0.717, 1.165) is 63.1 Å². The van der Waals surface area contributed by atoms with E-state index in [4.69, 9.17) is 4.74 Å². The van der Waals surface area contributed by atoms with E-state index >= 15 is 0 Å². The van der Waals surface area contributed by atoms with Crippen LogP contribution in [0, 0.1) is 17.6 Å². The number of aliphatic hydroxyl groups is 1. The third kappa shape index (κ3) is 5.50. The Hall–Kier alpha value is -3.52. The predicted molar refractivity (Wildman–Crippen MR) is 160 cm³/mol. The molecule has 1 aromatic carbocycles. The summed E-state index contributed by atoms with van der Waals surface area (Å²) in [5.41, 5.74) is 2.33. The SMILES string of the molecule is C=C1C[C@@H]2CN2[C@H](C(=O)N2CCC3(CC2)CN(c2nc#[n+]cc2Oc2ccc(F)cc2C(O)N(C(C)C)C(C)C)C3)C1=C. The van der Waals surface area contributed by atoms with Crippen LogP contribution in [0.4, 0.5) is 10.2 Å². The molecule has 4 atom stereocenters. The van der Waals surface area contributed by atoms with Gasteiger partial charge in [0.05, 0.1) is 0 Å². The molecule has 1 spiro atoms. The van der Waals surface area contributed by atoms with Crippen molar-refractivity contribution in [1.82, 2.24) is 19.7 Å². The van der Waals surface area contributed by atoms with Gasteiger partial charge in [-0.05, 0) is 76.3 Å². The summed E-state index contributed by atoms with van der Waals surface area (Å²) in [6.45, 7) is 20.3. The van der Waals surface area contributed by atoms with Crippen LogP contribution in [0.5, 0.6) is 11.5 Å². The first-order chi connectivity index (χ1) is 20.5. The molecule has 1 amide bonds. The summed E-state index contributed by atoms with van der Waals surface area (Å²) < 4.78 is 20.7. The number of ether oxygens (including phenoxy) is 1. The Labute approximate surface area is 253 Å². The number of hydrogen-bond donors (Lipinski definition) is 1. The van der Waals surface area contributed by atoms with Crippen molar-refractivity contribution in [1.29, 1.82) is 0 Å². The Bertz CT molecular complexity index is 1410. The predicted octanol–water partition coefficient (Wildman–Crippen LogP) is 3.52. The Kier molecular flexibility index (Phi) is 7.69. The number of fused-ring (bicyclic) bond motifs is 1. The number of aromatic nitrogens is 2. The van der Waals surface area contributed by atoms with Crippen molar-refractivity contribution in [2.24, 2.45) is 5.41 Å². The largest absolute Gasteiger partial charge is 0.446 e. The van der Waals surface area contributed by atoms with Gasteiger partial charge in [-0.15, -0.1) is 0 Å². The van der Waals surface area contributed by atoms with Crippen LogP contribution < -0.4 is 14.6 Å². The molecule has 4 fully saturated rings. The average Bonchev–Trinajstić information content (AvgIpc) is 3.71. The molecular formula is C33H42FN6O3+. The third-order valence-electron chi connectivity index (χ3n) is 9.64. The summed E-state index contributed by atoms with van der Waals surface area (Å²) >= 11 is 0. The van der Waals surface area contributed by atoms with Crippen molar-refractivity contribution >= 4 is 11.7 Å². The molecule has 10 heteroatoms. The van der Waals surface area contributed by atoms with Gasteiger partial charge >= 0.3 is 12.1 Å². The number of hydrogen-bond acceptors (Lipinski definition) is 7. The maximum absolute atomic E-state index is 14.4. The van der Waals surface area contributed by atoms with Crippen molar-refractivity contribution in [3.05, 3.63) is 66.4 Å². The quantitative estimate of drug-likeness (QED) is 0.370. The first kappa shape index (κ1) is 29.5. The van der Waals surface area contributed by atoms with Crippen molar-refractivity contribution < 1.29 is 24.0 Å². The number of likely N-dealkylation sites (tertiary alicyclic amines) is 1. The van der Waals surface area contributed by atoms with Crippen LogP contribution in [-0.4, -0.2) is 87.6 Å². The summed E-state index contributed by atoms with van der Waals surface area (Å²) in [5, 5.41) is 11.3. The molecule has 43 heavy (non-hydrogen) atoms. The standard InChI is InChI=1S/C33H42FN6O3/c1-20(2)40(21(3)4)31(41)26-14-24(34)7-8-27(26)43-28-15-35-19-36-30(28)38-17-33(18-38)9-11-37(12-10-33)32(42)29-23(6)22(5)13-25-16-39(25)29/h7-8,14-15,20-21,25,29,31,41H,5-6,9-13,16-18H2,1-4H3/q+1/t25-,29+,31?,39?/m1/s1. The van der Waals surface area contributed by atoms with E-state index in [1.54, 1.807) is 6.20 Å². The molecule has 0 bridgehead atoms. The average molecular weight is 590 g/mol. The second-order valence-corrected chi connectivity index (χ2v) is 13.2. The van der Waals surface area contributed by atoms with E-state index in [2.05, 4.69) is 39.3 Å². The van der Waals surface area contributed by atoms with Gasteiger partial charge in [0.2, 0.25) is 5.91 Å². The number of carbonyl (C=O) groups excluding carboxylic acids is 1. The minimum atomic E-state index is -1.06. The molecule has 6 rings (SSSR count). The molecule has 0 saturated carbocycles. The first-order valence-electron chi connectivity index (χ1n) is 15.3. The lowest BCUT2D eigenvalue weighted by atomic mass is 9.72. The number of amides is 1. The number of piperidine rings is 2. The van der Waals surface area contributed by atoms with E-state index in [1.807, 2.05) is 37.5 Å². The Morgan fingerprint density at radius 3 is 2.56 bits per heavy atom. The Morgan fingerprint density at radius 2 is 1.88 bits per heavy atom. The maximum Gasteiger partial charge on any atom is 0.431 e. The molecular weight excluding hydrogens is 547 g/mol. The molecule has 4 aliphatic rings. The van der Waals surface area contributed by atoms with Crippen molar-refractivity contribution in [2.75, 3.05) is 37.6 Å². The Balaban J connectivity index is 1.12. The summed E-state index contributed by atoms with van der Waals surface area (Å²) in [6, 6.07) is 4.43. The number of aliphatic hydroxyl groups excluding tert-OH is 1. The van der Waals surface area contributed by atoms with E-state index in [1.165, 1.54) is 18.2 Å². The highest BCUT2D eigenvalue weighted by Crippen LogP contribution is 2.46. The number of anilines is 1. The van der Waals surface area contributed by atoms with Crippen LogP contribution in [0.25, 0.3) is 0 Å².